The van der Waals surface area contributed by atoms with Crippen LogP contribution in [-0.2, 0) is 11.2 Å². The van der Waals surface area contributed by atoms with Crippen molar-refractivity contribution in [2.45, 2.75) is 19.3 Å². The highest BCUT2D eigenvalue weighted by molar-refractivity contribution is 6.10. The second kappa shape index (κ2) is 5.97. The number of carbonyl (C=O) groups is 1. The van der Waals surface area contributed by atoms with Crippen molar-refractivity contribution in [3.8, 4) is 0 Å². The summed E-state index contributed by atoms with van der Waals surface area (Å²) in [6.07, 6.45) is 0.742. The van der Waals surface area contributed by atoms with Crippen molar-refractivity contribution in [2.75, 3.05) is 4.90 Å². The molecule has 0 aromatic heterocycles. The highest BCUT2D eigenvalue weighted by atomic mass is 16.2. The van der Waals surface area contributed by atoms with E-state index in [4.69, 9.17) is 0 Å². The third kappa shape index (κ3) is 2.41. The zero-order valence-electron chi connectivity index (χ0n) is 13.6. The van der Waals surface area contributed by atoms with Crippen LogP contribution in [0.25, 0.3) is 0 Å². The van der Waals surface area contributed by atoms with E-state index >= 15 is 0 Å². The summed E-state index contributed by atoms with van der Waals surface area (Å²) in [7, 11) is 0. The molecular weight excluding hydrogens is 294 g/mol. The average molecular weight is 313 g/mol. The van der Waals surface area contributed by atoms with Crippen LogP contribution in [-0.4, -0.2) is 5.91 Å². The zero-order valence-corrected chi connectivity index (χ0v) is 13.6. The Bertz CT molecular complexity index is 885. The molecule has 4 rings (SSSR count). The van der Waals surface area contributed by atoms with Crippen molar-refractivity contribution in [1.29, 1.82) is 0 Å². The molecule has 1 atom stereocenters. The number of rotatable bonds is 3. The number of hydrogen-bond acceptors (Lipinski definition) is 1. The molecule has 1 amide bonds. The van der Waals surface area contributed by atoms with Gasteiger partial charge < -0.3 is 0 Å². The van der Waals surface area contributed by atoms with E-state index in [2.05, 4.69) is 25.1 Å². The van der Waals surface area contributed by atoms with Crippen LogP contribution in [0.5, 0.6) is 0 Å². The molecule has 0 aliphatic carbocycles. The summed E-state index contributed by atoms with van der Waals surface area (Å²) in [5.41, 5.74) is 5.53. The molecule has 0 spiro atoms. The Kier molecular flexibility index (Phi) is 3.66. The predicted octanol–water partition coefficient (Wildman–Crippen LogP) is 5.00. The minimum atomic E-state index is -0.123. The first kappa shape index (κ1) is 14.7. The Morgan fingerprint density at radius 2 is 1.50 bits per heavy atom. The fraction of sp³-hybridized carbons (Fsp3) is 0.136. The van der Waals surface area contributed by atoms with Crippen molar-refractivity contribution in [2.24, 2.45) is 0 Å². The normalized spacial score (nSPS) is 16.3. The molecule has 1 heterocycles. The van der Waals surface area contributed by atoms with Crippen molar-refractivity contribution >= 4 is 17.3 Å². The van der Waals surface area contributed by atoms with Crippen LogP contribution in [0.15, 0.2) is 78.9 Å². The van der Waals surface area contributed by atoms with Gasteiger partial charge in [-0.1, -0.05) is 60.7 Å². The Labute approximate surface area is 142 Å². The van der Waals surface area contributed by atoms with Gasteiger partial charge in [0.05, 0.1) is 11.6 Å². The highest BCUT2D eigenvalue weighted by Crippen LogP contribution is 2.43. The molecule has 1 aliphatic heterocycles. The second-order valence-electron chi connectivity index (χ2n) is 6.25. The molecule has 0 bridgehead atoms. The third-order valence-electron chi connectivity index (χ3n) is 4.77. The van der Waals surface area contributed by atoms with E-state index in [1.54, 1.807) is 0 Å². The largest absolute Gasteiger partial charge is 0.280 e. The van der Waals surface area contributed by atoms with Gasteiger partial charge >= 0.3 is 0 Å². The smallest absolute Gasteiger partial charge is 0.239 e. The Balaban J connectivity index is 1.77. The molecule has 2 heteroatoms. The van der Waals surface area contributed by atoms with Gasteiger partial charge in [0.1, 0.15) is 0 Å². The lowest BCUT2D eigenvalue weighted by Crippen LogP contribution is -2.24. The van der Waals surface area contributed by atoms with Crippen molar-refractivity contribution in [1.82, 2.24) is 0 Å². The Hall–Kier alpha value is -2.87. The number of hydrogen-bond donors (Lipinski definition) is 0. The van der Waals surface area contributed by atoms with E-state index in [1.165, 1.54) is 11.1 Å². The average Bonchev–Trinajstić information content (AvgIpc) is 2.90. The van der Waals surface area contributed by atoms with E-state index < -0.39 is 0 Å². The topological polar surface area (TPSA) is 20.3 Å². The number of fused-ring (bicyclic) bond motifs is 1. The molecule has 3 aromatic rings. The number of amides is 1. The van der Waals surface area contributed by atoms with Gasteiger partial charge in [0.25, 0.3) is 0 Å². The van der Waals surface area contributed by atoms with Crippen molar-refractivity contribution < 1.29 is 4.79 Å². The van der Waals surface area contributed by atoms with E-state index in [1.807, 2.05) is 65.6 Å². The molecule has 0 N–H and O–H groups in total. The van der Waals surface area contributed by atoms with Crippen LogP contribution in [0.4, 0.5) is 11.4 Å². The molecule has 0 saturated carbocycles. The first-order valence-electron chi connectivity index (χ1n) is 8.28. The lowest BCUT2D eigenvalue weighted by atomic mass is 9.91. The monoisotopic (exact) mass is 313 g/mol. The number of anilines is 2. The van der Waals surface area contributed by atoms with Crippen LogP contribution in [0.3, 0.4) is 0 Å². The quantitative estimate of drug-likeness (QED) is 0.666. The lowest BCUT2D eigenvalue weighted by Gasteiger charge is -2.18. The number of aryl methyl sites for hydroxylation is 1. The summed E-state index contributed by atoms with van der Waals surface area (Å²) in [5.74, 6) is 0.0353. The summed E-state index contributed by atoms with van der Waals surface area (Å²) in [5, 5.41) is 0. The summed E-state index contributed by atoms with van der Waals surface area (Å²) in [6.45, 7) is 2.11. The van der Waals surface area contributed by atoms with Gasteiger partial charge in [0.15, 0.2) is 0 Å². The Morgan fingerprint density at radius 1 is 0.833 bits per heavy atom. The number of carbonyl (C=O) groups excluding carboxylic acids is 1. The fourth-order valence-corrected chi connectivity index (χ4v) is 3.49. The molecule has 1 unspecified atom stereocenters. The van der Waals surface area contributed by atoms with Crippen LogP contribution in [0.1, 0.15) is 22.6 Å². The van der Waals surface area contributed by atoms with Crippen LogP contribution in [0, 0.1) is 6.92 Å². The second-order valence-corrected chi connectivity index (χ2v) is 6.25. The SMILES string of the molecule is Cc1ccccc1CC1C(=O)N(c2ccccc2)c2ccccc21. The molecule has 2 nitrogen and oxygen atoms in total. The molecule has 0 radical (unpaired) electrons. The van der Waals surface area contributed by atoms with Crippen LogP contribution in [0.2, 0.25) is 0 Å². The third-order valence-corrected chi connectivity index (χ3v) is 4.77. The van der Waals surface area contributed by atoms with E-state index in [9.17, 15) is 4.79 Å². The maximum atomic E-state index is 13.2. The Morgan fingerprint density at radius 3 is 2.29 bits per heavy atom. The van der Waals surface area contributed by atoms with Gasteiger partial charge in [-0.2, -0.15) is 0 Å². The number of nitrogens with zero attached hydrogens (tertiary/aromatic N) is 1. The molecule has 0 saturated heterocycles. The van der Waals surface area contributed by atoms with Gasteiger partial charge in [0, 0.05) is 5.69 Å². The lowest BCUT2D eigenvalue weighted by molar-refractivity contribution is -0.118. The summed E-state index contributed by atoms with van der Waals surface area (Å²) in [6, 6.07) is 26.4. The maximum Gasteiger partial charge on any atom is 0.239 e. The molecular formula is C22H19NO. The molecule has 24 heavy (non-hydrogen) atoms. The van der Waals surface area contributed by atoms with E-state index in [-0.39, 0.29) is 11.8 Å². The minimum absolute atomic E-state index is 0.123. The zero-order chi connectivity index (χ0) is 16.5. The highest BCUT2D eigenvalue weighted by Gasteiger charge is 2.37. The molecule has 1 aliphatic rings. The predicted molar refractivity (Wildman–Crippen MR) is 97.7 cm³/mol. The molecule has 0 fully saturated rings. The maximum absolute atomic E-state index is 13.2. The van der Waals surface area contributed by atoms with Gasteiger partial charge in [-0.05, 0) is 48.2 Å². The molecule has 118 valence electrons. The van der Waals surface area contributed by atoms with Gasteiger partial charge in [-0.3, -0.25) is 9.69 Å². The van der Waals surface area contributed by atoms with Crippen LogP contribution >= 0.6 is 0 Å². The first-order chi connectivity index (χ1) is 11.8. The summed E-state index contributed by atoms with van der Waals surface area (Å²) >= 11 is 0. The first-order valence-corrected chi connectivity index (χ1v) is 8.28. The van der Waals surface area contributed by atoms with Crippen LogP contribution < -0.4 is 4.90 Å². The van der Waals surface area contributed by atoms with Gasteiger partial charge in [-0.15, -0.1) is 0 Å². The number of benzene rings is 3. The summed E-state index contributed by atoms with van der Waals surface area (Å²) < 4.78 is 0. The number of para-hydroxylation sites is 2. The fourth-order valence-electron chi connectivity index (χ4n) is 3.49. The van der Waals surface area contributed by atoms with Gasteiger partial charge in [0.2, 0.25) is 5.91 Å². The van der Waals surface area contributed by atoms with Crippen molar-refractivity contribution in [3.63, 3.8) is 0 Å². The minimum Gasteiger partial charge on any atom is -0.280 e. The van der Waals surface area contributed by atoms with E-state index in [0.717, 1.165) is 23.4 Å². The van der Waals surface area contributed by atoms with Crippen molar-refractivity contribution in [3.05, 3.63) is 95.6 Å². The van der Waals surface area contributed by atoms with Gasteiger partial charge in [-0.25, -0.2) is 0 Å². The van der Waals surface area contributed by atoms with E-state index in [0.29, 0.717) is 0 Å². The molecule has 3 aromatic carbocycles. The summed E-state index contributed by atoms with van der Waals surface area (Å²) in [4.78, 5) is 15.1. The standard InChI is InChI=1S/C22H19NO/c1-16-9-5-6-10-17(16)15-20-19-13-7-8-14-21(19)23(22(20)24)18-11-3-2-4-12-18/h2-14,20H,15H2,1H3.